The molecule has 0 aliphatic heterocycles. The first kappa shape index (κ1) is 9.48. The van der Waals surface area contributed by atoms with Crippen LogP contribution in [0.25, 0.3) is 0 Å². The second-order valence-corrected chi connectivity index (χ2v) is 4.21. The summed E-state index contributed by atoms with van der Waals surface area (Å²) in [6.45, 7) is 1.58. The van der Waals surface area contributed by atoms with Crippen molar-refractivity contribution >= 4 is 28.6 Å². The molecular formula is C8H9ClN4S. The van der Waals surface area contributed by atoms with Gasteiger partial charge in [0, 0.05) is 6.54 Å². The topological polar surface area (TPSA) is 42.7 Å². The first-order valence-corrected chi connectivity index (χ1v) is 5.41. The molecule has 14 heavy (non-hydrogen) atoms. The van der Waals surface area contributed by atoms with Crippen molar-refractivity contribution in [2.75, 3.05) is 11.9 Å². The van der Waals surface area contributed by atoms with Crippen LogP contribution in [-0.4, -0.2) is 21.3 Å². The van der Waals surface area contributed by atoms with Crippen molar-refractivity contribution in [3.8, 4) is 0 Å². The van der Waals surface area contributed by atoms with E-state index in [0.717, 1.165) is 23.1 Å². The van der Waals surface area contributed by atoms with Gasteiger partial charge in [-0.05, 0) is 11.4 Å². The van der Waals surface area contributed by atoms with Crippen molar-refractivity contribution in [3.05, 3.63) is 28.4 Å². The summed E-state index contributed by atoms with van der Waals surface area (Å²) in [6, 6.07) is 1.97. The number of aromatic nitrogens is 3. The third kappa shape index (κ3) is 2.24. The van der Waals surface area contributed by atoms with E-state index >= 15 is 0 Å². The molecule has 74 valence electrons. The van der Waals surface area contributed by atoms with Crippen LogP contribution in [0.3, 0.4) is 0 Å². The zero-order valence-corrected chi connectivity index (χ0v) is 8.92. The quantitative estimate of drug-likeness (QED) is 0.872. The van der Waals surface area contributed by atoms with Gasteiger partial charge in [-0.25, -0.2) is 4.98 Å². The molecule has 0 aromatic carbocycles. The first-order chi connectivity index (χ1) is 6.86. The first-order valence-electron chi connectivity index (χ1n) is 4.15. The lowest BCUT2D eigenvalue weighted by molar-refractivity contribution is 0.636. The van der Waals surface area contributed by atoms with Crippen LogP contribution in [-0.2, 0) is 6.54 Å². The van der Waals surface area contributed by atoms with Crippen LogP contribution < -0.4 is 5.32 Å². The molecule has 0 atom stereocenters. The summed E-state index contributed by atoms with van der Waals surface area (Å²) in [5, 5.41) is 9.17. The molecule has 2 aromatic heterocycles. The van der Waals surface area contributed by atoms with Gasteiger partial charge in [0.25, 0.3) is 0 Å². The standard InChI is InChI=1S/C8H9ClN4S/c9-8-7(1-4-14-8)11-2-3-13-6-10-5-12-13/h1,4-6,11H,2-3H2. The molecule has 0 fully saturated rings. The smallest absolute Gasteiger partial charge is 0.137 e. The van der Waals surface area contributed by atoms with E-state index in [4.69, 9.17) is 11.6 Å². The molecule has 0 radical (unpaired) electrons. The number of hydrogen-bond donors (Lipinski definition) is 1. The molecule has 2 aromatic rings. The molecule has 0 saturated heterocycles. The average Bonchev–Trinajstić information content (AvgIpc) is 2.78. The molecule has 2 heterocycles. The normalized spacial score (nSPS) is 10.4. The Morgan fingerprint density at radius 3 is 3.14 bits per heavy atom. The number of nitrogens with zero attached hydrogens (tertiary/aromatic N) is 3. The summed E-state index contributed by atoms with van der Waals surface area (Å²) in [4.78, 5) is 3.86. The van der Waals surface area contributed by atoms with Gasteiger partial charge < -0.3 is 5.32 Å². The Bertz CT molecular complexity index is 384. The molecule has 0 unspecified atom stereocenters. The summed E-state index contributed by atoms with van der Waals surface area (Å²) >= 11 is 7.44. The lowest BCUT2D eigenvalue weighted by Crippen LogP contribution is -2.10. The van der Waals surface area contributed by atoms with E-state index in [1.165, 1.54) is 17.7 Å². The molecule has 0 aliphatic carbocycles. The van der Waals surface area contributed by atoms with Crippen LogP contribution in [0.15, 0.2) is 24.1 Å². The summed E-state index contributed by atoms with van der Waals surface area (Å²) in [7, 11) is 0. The Balaban J connectivity index is 1.81. The minimum atomic E-state index is 0.784. The van der Waals surface area contributed by atoms with Gasteiger partial charge >= 0.3 is 0 Å². The van der Waals surface area contributed by atoms with Crippen LogP contribution in [0.1, 0.15) is 0 Å². The van der Waals surface area contributed by atoms with Gasteiger partial charge in [0.1, 0.15) is 17.0 Å². The molecule has 2 rings (SSSR count). The highest BCUT2D eigenvalue weighted by molar-refractivity contribution is 7.15. The highest BCUT2D eigenvalue weighted by Crippen LogP contribution is 2.27. The van der Waals surface area contributed by atoms with Crippen LogP contribution >= 0.6 is 22.9 Å². The van der Waals surface area contributed by atoms with Gasteiger partial charge in [0.05, 0.1) is 12.2 Å². The Morgan fingerprint density at radius 1 is 1.57 bits per heavy atom. The molecule has 1 N–H and O–H groups in total. The number of hydrogen-bond acceptors (Lipinski definition) is 4. The summed E-state index contributed by atoms with van der Waals surface area (Å²) in [5.74, 6) is 0. The second kappa shape index (κ2) is 4.43. The highest BCUT2D eigenvalue weighted by Gasteiger charge is 1.99. The number of nitrogens with one attached hydrogen (secondary N) is 1. The van der Waals surface area contributed by atoms with Gasteiger partial charge in [-0.2, -0.15) is 5.10 Å². The number of halogens is 1. The van der Waals surface area contributed by atoms with Gasteiger partial charge in [-0.3, -0.25) is 4.68 Å². The van der Waals surface area contributed by atoms with Crippen LogP contribution in [0.4, 0.5) is 5.69 Å². The zero-order chi connectivity index (χ0) is 9.80. The van der Waals surface area contributed by atoms with Gasteiger partial charge in [-0.1, -0.05) is 11.6 Å². The fourth-order valence-electron chi connectivity index (χ4n) is 1.07. The van der Waals surface area contributed by atoms with Crippen molar-refractivity contribution in [3.63, 3.8) is 0 Å². The molecule has 4 nitrogen and oxygen atoms in total. The summed E-state index contributed by atoms with van der Waals surface area (Å²) in [6.07, 6.45) is 3.22. The van der Waals surface area contributed by atoms with Gasteiger partial charge in [-0.15, -0.1) is 11.3 Å². The molecule has 6 heteroatoms. The van der Waals surface area contributed by atoms with E-state index in [2.05, 4.69) is 15.4 Å². The molecule has 0 amide bonds. The molecule has 0 bridgehead atoms. The minimum Gasteiger partial charge on any atom is -0.381 e. The lowest BCUT2D eigenvalue weighted by Gasteiger charge is -2.03. The second-order valence-electron chi connectivity index (χ2n) is 2.69. The predicted molar refractivity (Wildman–Crippen MR) is 57.8 cm³/mol. The predicted octanol–water partition coefficient (Wildman–Crippen LogP) is 2.11. The largest absolute Gasteiger partial charge is 0.381 e. The molecule has 0 aliphatic rings. The Kier molecular flexibility index (Phi) is 3.00. The van der Waals surface area contributed by atoms with Crippen molar-refractivity contribution < 1.29 is 0 Å². The third-order valence-corrected chi connectivity index (χ3v) is 2.91. The maximum atomic E-state index is 5.92. The van der Waals surface area contributed by atoms with E-state index in [1.807, 2.05) is 11.4 Å². The SMILES string of the molecule is Clc1sccc1NCCn1cncn1. The van der Waals surface area contributed by atoms with E-state index in [1.54, 1.807) is 11.0 Å². The minimum absolute atomic E-state index is 0.784. The fourth-order valence-corrected chi connectivity index (χ4v) is 1.95. The fraction of sp³-hybridized carbons (Fsp3) is 0.250. The summed E-state index contributed by atoms with van der Waals surface area (Å²) < 4.78 is 2.57. The van der Waals surface area contributed by atoms with E-state index in [-0.39, 0.29) is 0 Å². The van der Waals surface area contributed by atoms with E-state index in [0.29, 0.717) is 0 Å². The third-order valence-electron chi connectivity index (χ3n) is 1.74. The number of thiophene rings is 1. The maximum Gasteiger partial charge on any atom is 0.137 e. The Labute approximate surface area is 90.5 Å². The Morgan fingerprint density at radius 2 is 2.50 bits per heavy atom. The maximum absolute atomic E-state index is 5.92. The summed E-state index contributed by atoms with van der Waals surface area (Å²) in [5.41, 5.74) is 0.983. The van der Waals surface area contributed by atoms with Crippen molar-refractivity contribution in [1.82, 2.24) is 14.8 Å². The monoisotopic (exact) mass is 228 g/mol. The average molecular weight is 229 g/mol. The lowest BCUT2D eigenvalue weighted by atomic mass is 10.5. The molecule has 0 saturated carbocycles. The zero-order valence-electron chi connectivity index (χ0n) is 7.35. The van der Waals surface area contributed by atoms with Gasteiger partial charge in [0.15, 0.2) is 0 Å². The number of rotatable bonds is 4. The van der Waals surface area contributed by atoms with Crippen molar-refractivity contribution in [1.29, 1.82) is 0 Å². The molecular weight excluding hydrogens is 220 g/mol. The molecule has 0 spiro atoms. The number of anilines is 1. The van der Waals surface area contributed by atoms with Crippen molar-refractivity contribution in [2.45, 2.75) is 6.54 Å². The van der Waals surface area contributed by atoms with Crippen LogP contribution in [0.5, 0.6) is 0 Å². The van der Waals surface area contributed by atoms with Crippen LogP contribution in [0.2, 0.25) is 4.34 Å². The van der Waals surface area contributed by atoms with E-state index < -0.39 is 0 Å². The van der Waals surface area contributed by atoms with Crippen molar-refractivity contribution in [2.24, 2.45) is 0 Å². The highest BCUT2D eigenvalue weighted by atomic mass is 35.5. The Hall–Kier alpha value is -1.07. The van der Waals surface area contributed by atoms with E-state index in [9.17, 15) is 0 Å². The van der Waals surface area contributed by atoms with Gasteiger partial charge in [0.2, 0.25) is 0 Å². The van der Waals surface area contributed by atoms with Crippen LogP contribution in [0, 0.1) is 0 Å².